The van der Waals surface area contributed by atoms with Crippen molar-refractivity contribution in [2.45, 2.75) is 13.1 Å². The third kappa shape index (κ3) is 3.74. The predicted molar refractivity (Wildman–Crippen MR) is 81.2 cm³/mol. The van der Waals surface area contributed by atoms with Gasteiger partial charge in [-0.25, -0.2) is 0 Å². The normalized spacial score (nSPS) is 9.95. The maximum atomic E-state index is 9.05. The average Bonchev–Trinajstić information content (AvgIpc) is 2.55. The zero-order valence-corrected chi connectivity index (χ0v) is 12.2. The van der Waals surface area contributed by atoms with Crippen LogP contribution in [0.4, 0.5) is 0 Å². The molecule has 2 rings (SSSR count). The molecule has 4 nitrogen and oxygen atoms in total. The van der Waals surface area contributed by atoms with Gasteiger partial charge in [0.05, 0.1) is 25.9 Å². The average molecular weight is 282 g/mol. The summed E-state index contributed by atoms with van der Waals surface area (Å²) >= 11 is 0. The third-order valence-corrected chi connectivity index (χ3v) is 3.23. The van der Waals surface area contributed by atoms with Crippen molar-refractivity contribution in [3.05, 3.63) is 59.2 Å². The Bertz CT molecular complexity index is 647. The van der Waals surface area contributed by atoms with Crippen molar-refractivity contribution in [3.63, 3.8) is 0 Å². The zero-order chi connectivity index (χ0) is 15.1. The van der Waals surface area contributed by atoms with Gasteiger partial charge < -0.3 is 14.8 Å². The Kier molecular flexibility index (Phi) is 5.19. The smallest absolute Gasteiger partial charge is 0.161 e. The van der Waals surface area contributed by atoms with Crippen LogP contribution in [-0.2, 0) is 13.1 Å². The van der Waals surface area contributed by atoms with Crippen LogP contribution in [0.3, 0.4) is 0 Å². The second-order valence-corrected chi connectivity index (χ2v) is 4.56. The summed E-state index contributed by atoms with van der Waals surface area (Å²) in [6.45, 7) is 1.35. The molecule has 1 N–H and O–H groups in total. The van der Waals surface area contributed by atoms with Crippen LogP contribution in [0.5, 0.6) is 11.5 Å². The highest BCUT2D eigenvalue weighted by atomic mass is 16.5. The van der Waals surface area contributed by atoms with Crippen molar-refractivity contribution < 1.29 is 9.47 Å². The van der Waals surface area contributed by atoms with E-state index in [1.54, 1.807) is 14.2 Å². The van der Waals surface area contributed by atoms with E-state index >= 15 is 0 Å². The number of nitrogens with one attached hydrogen (secondary N) is 1. The summed E-state index contributed by atoms with van der Waals surface area (Å²) in [7, 11) is 3.24. The largest absolute Gasteiger partial charge is 0.493 e. The van der Waals surface area contributed by atoms with Gasteiger partial charge in [0.15, 0.2) is 11.5 Å². The van der Waals surface area contributed by atoms with Crippen LogP contribution in [0.1, 0.15) is 16.7 Å². The topological polar surface area (TPSA) is 54.3 Å². The van der Waals surface area contributed by atoms with Gasteiger partial charge in [0.25, 0.3) is 0 Å². The highest BCUT2D eigenvalue weighted by molar-refractivity contribution is 5.43. The molecule has 108 valence electrons. The fourth-order valence-electron chi connectivity index (χ4n) is 2.12. The highest BCUT2D eigenvalue weighted by Gasteiger charge is 2.05. The molecule has 0 aromatic heterocycles. The molecule has 0 spiro atoms. The maximum absolute atomic E-state index is 9.05. The van der Waals surface area contributed by atoms with Crippen molar-refractivity contribution in [1.29, 1.82) is 5.26 Å². The van der Waals surface area contributed by atoms with E-state index in [1.807, 2.05) is 42.5 Å². The van der Waals surface area contributed by atoms with Crippen molar-refractivity contribution in [2.24, 2.45) is 0 Å². The molecular weight excluding hydrogens is 264 g/mol. The lowest BCUT2D eigenvalue weighted by molar-refractivity contribution is 0.354. The van der Waals surface area contributed by atoms with E-state index in [9.17, 15) is 0 Å². The van der Waals surface area contributed by atoms with Gasteiger partial charge in [-0.15, -0.1) is 0 Å². The standard InChI is InChI=1S/C17H18N2O2/c1-20-16-8-7-13(9-17(16)21-2)11-19-12-15-6-4-3-5-14(15)10-18/h3-9,19H,11-12H2,1-2H3. The number of rotatable bonds is 6. The first-order chi connectivity index (χ1) is 10.3. The molecule has 0 radical (unpaired) electrons. The number of ether oxygens (including phenoxy) is 2. The van der Waals surface area contributed by atoms with E-state index in [2.05, 4.69) is 11.4 Å². The molecule has 0 saturated carbocycles. The maximum Gasteiger partial charge on any atom is 0.161 e. The molecule has 4 heteroatoms. The van der Waals surface area contributed by atoms with Crippen molar-refractivity contribution in [1.82, 2.24) is 5.32 Å². The number of nitrogens with zero attached hydrogens (tertiary/aromatic N) is 1. The van der Waals surface area contributed by atoms with Crippen LogP contribution < -0.4 is 14.8 Å². The number of benzene rings is 2. The van der Waals surface area contributed by atoms with Gasteiger partial charge in [0.1, 0.15) is 0 Å². The van der Waals surface area contributed by atoms with Crippen LogP contribution in [0.15, 0.2) is 42.5 Å². The molecule has 0 fully saturated rings. The van der Waals surface area contributed by atoms with Crippen LogP contribution >= 0.6 is 0 Å². The van der Waals surface area contributed by atoms with Gasteiger partial charge in [-0.05, 0) is 29.3 Å². The summed E-state index contributed by atoms with van der Waals surface area (Å²) in [6.07, 6.45) is 0. The van der Waals surface area contributed by atoms with Gasteiger partial charge in [-0.2, -0.15) is 5.26 Å². The Labute approximate surface area is 124 Å². The van der Waals surface area contributed by atoms with E-state index in [0.29, 0.717) is 24.4 Å². The lowest BCUT2D eigenvalue weighted by Crippen LogP contribution is -2.13. The molecule has 0 saturated heterocycles. The van der Waals surface area contributed by atoms with Crippen LogP contribution in [0.2, 0.25) is 0 Å². The van der Waals surface area contributed by atoms with Crippen molar-refractivity contribution in [2.75, 3.05) is 14.2 Å². The molecule has 0 aliphatic heterocycles. The van der Waals surface area contributed by atoms with Gasteiger partial charge in [-0.3, -0.25) is 0 Å². The van der Waals surface area contributed by atoms with Crippen LogP contribution in [-0.4, -0.2) is 14.2 Å². The van der Waals surface area contributed by atoms with Gasteiger partial charge >= 0.3 is 0 Å². The predicted octanol–water partition coefficient (Wildman–Crippen LogP) is 2.87. The monoisotopic (exact) mass is 282 g/mol. The number of methoxy groups -OCH3 is 2. The summed E-state index contributed by atoms with van der Waals surface area (Å²) < 4.78 is 10.5. The molecule has 0 bridgehead atoms. The van der Waals surface area contributed by atoms with Crippen molar-refractivity contribution >= 4 is 0 Å². The summed E-state index contributed by atoms with van der Waals surface area (Å²) in [5.41, 5.74) is 2.81. The molecule has 21 heavy (non-hydrogen) atoms. The Hall–Kier alpha value is -2.51. The Morgan fingerprint density at radius 2 is 1.76 bits per heavy atom. The third-order valence-electron chi connectivity index (χ3n) is 3.23. The van der Waals surface area contributed by atoms with E-state index in [-0.39, 0.29) is 0 Å². The Morgan fingerprint density at radius 1 is 1.00 bits per heavy atom. The first-order valence-electron chi connectivity index (χ1n) is 6.68. The van der Waals surface area contributed by atoms with Crippen LogP contribution in [0.25, 0.3) is 0 Å². The molecule has 2 aromatic rings. The fourth-order valence-corrected chi connectivity index (χ4v) is 2.12. The summed E-state index contributed by atoms with van der Waals surface area (Å²) in [5, 5.41) is 12.4. The highest BCUT2D eigenvalue weighted by Crippen LogP contribution is 2.27. The van der Waals surface area contributed by atoms with Gasteiger partial charge in [0.2, 0.25) is 0 Å². The van der Waals surface area contributed by atoms with Crippen LogP contribution in [0, 0.1) is 11.3 Å². The zero-order valence-electron chi connectivity index (χ0n) is 12.2. The number of nitriles is 1. The Morgan fingerprint density at radius 3 is 2.48 bits per heavy atom. The fraction of sp³-hybridized carbons (Fsp3) is 0.235. The van der Waals surface area contributed by atoms with Crippen molar-refractivity contribution in [3.8, 4) is 17.6 Å². The lowest BCUT2D eigenvalue weighted by Gasteiger charge is -2.10. The second kappa shape index (κ2) is 7.32. The summed E-state index contributed by atoms with van der Waals surface area (Å²) in [5.74, 6) is 1.44. The molecule has 0 unspecified atom stereocenters. The summed E-state index contributed by atoms with van der Waals surface area (Å²) in [6, 6.07) is 15.6. The van der Waals surface area contributed by atoms with E-state index in [1.165, 1.54) is 0 Å². The molecule has 0 atom stereocenters. The molecule has 0 heterocycles. The minimum absolute atomic E-state index is 0.651. The first-order valence-corrected chi connectivity index (χ1v) is 6.68. The molecule has 0 amide bonds. The summed E-state index contributed by atoms with van der Waals surface area (Å²) in [4.78, 5) is 0. The SMILES string of the molecule is COc1ccc(CNCc2ccccc2C#N)cc1OC. The molecule has 0 aliphatic carbocycles. The molecule has 2 aromatic carbocycles. The molecule has 0 aliphatic rings. The molecular formula is C17H18N2O2. The van der Waals surface area contributed by atoms with E-state index in [0.717, 1.165) is 16.9 Å². The number of hydrogen-bond acceptors (Lipinski definition) is 4. The Balaban J connectivity index is 1.99. The van der Waals surface area contributed by atoms with Gasteiger partial charge in [-0.1, -0.05) is 24.3 Å². The number of hydrogen-bond donors (Lipinski definition) is 1. The first kappa shape index (κ1) is 14.9. The quantitative estimate of drug-likeness (QED) is 0.885. The second-order valence-electron chi connectivity index (χ2n) is 4.56. The minimum Gasteiger partial charge on any atom is -0.493 e. The van der Waals surface area contributed by atoms with Gasteiger partial charge in [0, 0.05) is 13.1 Å². The van der Waals surface area contributed by atoms with E-state index < -0.39 is 0 Å². The van der Waals surface area contributed by atoms with E-state index in [4.69, 9.17) is 14.7 Å². The lowest BCUT2D eigenvalue weighted by atomic mass is 10.1. The minimum atomic E-state index is 0.651.